The summed E-state index contributed by atoms with van der Waals surface area (Å²) in [6.45, 7) is 0. The highest BCUT2D eigenvalue weighted by Gasteiger charge is 2.02. The van der Waals surface area contributed by atoms with Crippen LogP contribution in [-0.4, -0.2) is 21.9 Å². The van der Waals surface area contributed by atoms with Crippen molar-refractivity contribution in [3.05, 3.63) is 22.8 Å². The largest absolute Gasteiger partial charge is 0.386 e. The van der Waals surface area contributed by atoms with E-state index < -0.39 is 0 Å². The lowest BCUT2D eigenvalue weighted by Gasteiger charge is -1.96. The third kappa shape index (κ3) is 2.13. The van der Waals surface area contributed by atoms with Gasteiger partial charge in [0.15, 0.2) is 0 Å². The highest BCUT2D eigenvalue weighted by atomic mass is 79.9. The summed E-state index contributed by atoms with van der Waals surface area (Å²) in [5.74, 6) is 0.619. The van der Waals surface area contributed by atoms with Gasteiger partial charge in [-0.25, -0.2) is 4.99 Å². The fraction of sp³-hybridized carbons (Fsp3) is 0.111. The van der Waals surface area contributed by atoms with Gasteiger partial charge in [0.1, 0.15) is 10.4 Å². The van der Waals surface area contributed by atoms with Gasteiger partial charge in [-0.15, -0.1) is 11.6 Å². The number of rotatable bonds is 2. The average molecular weight is 288 g/mol. The number of nitrogens with two attached hydrogens (primary N) is 1. The van der Waals surface area contributed by atoms with Crippen LogP contribution in [0.4, 0.5) is 5.69 Å². The number of hydrogen-bond donors (Lipinski definition) is 2. The summed E-state index contributed by atoms with van der Waals surface area (Å²) in [6, 6.07) is 5.63. The molecule has 1 aromatic carbocycles. The monoisotopic (exact) mass is 286 g/mol. The van der Waals surface area contributed by atoms with Crippen LogP contribution in [0.3, 0.4) is 0 Å². The third-order valence-corrected chi connectivity index (χ3v) is 2.78. The zero-order chi connectivity index (χ0) is 10.8. The molecule has 0 fully saturated rings. The predicted molar refractivity (Wildman–Crippen MR) is 65.8 cm³/mol. The van der Waals surface area contributed by atoms with E-state index in [1.807, 2.05) is 18.2 Å². The van der Waals surface area contributed by atoms with Gasteiger partial charge in [-0.2, -0.15) is 5.10 Å². The summed E-state index contributed by atoms with van der Waals surface area (Å²) in [4.78, 5) is 4.13. The van der Waals surface area contributed by atoms with Crippen LogP contribution in [0, 0.1) is 0 Å². The number of hydrogen-bond acceptors (Lipinski definition) is 2. The number of aliphatic imine (C=N–C) groups is 1. The van der Waals surface area contributed by atoms with Crippen LogP contribution in [-0.2, 0) is 0 Å². The van der Waals surface area contributed by atoms with Crippen molar-refractivity contribution in [2.75, 3.05) is 5.88 Å². The number of aromatic amines is 1. The molecule has 2 aromatic rings. The molecule has 0 unspecified atom stereocenters. The molecule has 15 heavy (non-hydrogen) atoms. The van der Waals surface area contributed by atoms with Crippen molar-refractivity contribution in [3.8, 4) is 0 Å². The summed E-state index contributed by atoms with van der Waals surface area (Å²) >= 11 is 8.90. The molecule has 0 aliphatic rings. The van der Waals surface area contributed by atoms with Gasteiger partial charge in [0.2, 0.25) is 0 Å². The van der Waals surface area contributed by atoms with Crippen molar-refractivity contribution in [2.45, 2.75) is 0 Å². The van der Waals surface area contributed by atoms with Crippen molar-refractivity contribution in [3.63, 3.8) is 0 Å². The molecule has 3 N–H and O–H groups in total. The molecule has 1 heterocycles. The molecule has 1 aromatic heterocycles. The molecular formula is C9H8BrClN4. The van der Waals surface area contributed by atoms with E-state index in [-0.39, 0.29) is 5.88 Å². The number of aromatic nitrogens is 2. The molecule has 0 radical (unpaired) electrons. The lowest BCUT2D eigenvalue weighted by atomic mass is 10.2. The molecular weight excluding hydrogens is 279 g/mol. The Kier molecular flexibility index (Phi) is 2.93. The number of amidine groups is 1. The molecule has 0 saturated carbocycles. The third-order valence-electron chi connectivity index (χ3n) is 1.90. The Morgan fingerprint density at radius 2 is 2.40 bits per heavy atom. The topological polar surface area (TPSA) is 67.1 Å². The van der Waals surface area contributed by atoms with E-state index >= 15 is 0 Å². The Hall–Kier alpha value is -1.07. The first-order valence-corrected chi connectivity index (χ1v) is 5.56. The smallest absolute Gasteiger partial charge is 0.115 e. The van der Waals surface area contributed by atoms with Gasteiger partial charge in [-0.3, -0.25) is 5.10 Å². The van der Waals surface area contributed by atoms with Gasteiger partial charge >= 0.3 is 0 Å². The minimum absolute atomic E-state index is 0.225. The van der Waals surface area contributed by atoms with E-state index in [1.165, 1.54) is 0 Å². The average Bonchev–Trinajstić information content (AvgIpc) is 2.60. The Morgan fingerprint density at radius 1 is 1.60 bits per heavy atom. The summed E-state index contributed by atoms with van der Waals surface area (Å²) < 4.78 is 0.860. The van der Waals surface area contributed by atoms with Crippen molar-refractivity contribution >= 4 is 50.0 Å². The molecule has 0 aliphatic heterocycles. The zero-order valence-electron chi connectivity index (χ0n) is 7.67. The van der Waals surface area contributed by atoms with E-state index in [0.29, 0.717) is 5.84 Å². The minimum atomic E-state index is 0.225. The molecule has 2 rings (SSSR count). The molecule has 6 heteroatoms. The van der Waals surface area contributed by atoms with Crippen LogP contribution >= 0.6 is 27.5 Å². The predicted octanol–water partition coefficient (Wildman–Crippen LogP) is 2.55. The summed E-state index contributed by atoms with van der Waals surface area (Å²) in [7, 11) is 0. The Morgan fingerprint density at radius 3 is 3.13 bits per heavy atom. The van der Waals surface area contributed by atoms with Gasteiger partial charge < -0.3 is 5.73 Å². The quantitative estimate of drug-likeness (QED) is 0.506. The lowest BCUT2D eigenvalue weighted by Crippen LogP contribution is -2.12. The number of H-pyrrole nitrogens is 1. The van der Waals surface area contributed by atoms with Crippen LogP contribution in [0.15, 0.2) is 27.8 Å². The second-order valence-corrected chi connectivity index (χ2v) is 4.04. The Balaban J connectivity index is 2.48. The van der Waals surface area contributed by atoms with E-state index in [2.05, 4.69) is 31.1 Å². The zero-order valence-corrected chi connectivity index (χ0v) is 10.0. The SMILES string of the molecule is NC(CCl)=Nc1ccc2c(Br)[nH]nc2c1. The number of benzene rings is 1. The first-order chi connectivity index (χ1) is 7.20. The molecule has 78 valence electrons. The van der Waals surface area contributed by atoms with Gasteiger partial charge in [-0.05, 0) is 34.1 Å². The Labute approximate surface area is 99.6 Å². The fourth-order valence-corrected chi connectivity index (χ4v) is 1.72. The molecule has 0 atom stereocenters. The number of alkyl halides is 1. The molecule has 0 amide bonds. The number of nitrogens with zero attached hydrogens (tertiary/aromatic N) is 2. The number of halogens is 2. The molecule has 0 bridgehead atoms. The van der Waals surface area contributed by atoms with Gasteiger partial charge in [-0.1, -0.05) is 0 Å². The van der Waals surface area contributed by atoms with Gasteiger partial charge in [0.25, 0.3) is 0 Å². The number of fused-ring (bicyclic) bond motifs is 1. The fourth-order valence-electron chi connectivity index (χ4n) is 1.23. The van der Waals surface area contributed by atoms with Crippen molar-refractivity contribution < 1.29 is 0 Å². The second kappa shape index (κ2) is 4.20. The van der Waals surface area contributed by atoms with E-state index in [1.54, 1.807) is 0 Å². The first-order valence-electron chi connectivity index (χ1n) is 4.23. The Bertz CT molecular complexity index is 520. The first kappa shape index (κ1) is 10.4. The van der Waals surface area contributed by atoms with Crippen molar-refractivity contribution in [1.82, 2.24) is 10.2 Å². The maximum Gasteiger partial charge on any atom is 0.115 e. The lowest BCUT2D eigenvalue weighted by molar-refractivity contribution is 1.10. The van der Waals surface area contributed by atoms with Gasteiger partial charge in [0.05, 0.1) is 17.1 Å². The van der Waals surface area contributed by atoms with Crippen LogP contribution < -0.4 is 5.73 Å². The van der Waals surface area contributed by atoms with Crippen molar-refractivity contribution in [1.29, 1.82) is 0 Å². The maximum absolute atomic E-state index is 5.54. The summed E-state index contributed by atoms with van der Waals surface area (Å²) in [6.07, 6.45) is 0. The van der Waals surface area contributed by atoms with E-state index in [9.17, 15) is 0 Å². The highest BCUT2D eigenvalue weighted by Crippen LogP contribution is 2.24. The molecule has 0 aliphatic carbocycles. The van der Waals surface area contributed by atoms with Crippen LogP contribution in [0.5, 0.6) is 0 Å². The molecule has 0 spiro atoms. The van der Waals surface area contributed by atoms with E-state index in [0.717, 1.165) is 21.2 Å². The molecule has 4 nitrogen and oxygen atoms in total. The van der Waals surface area contributed by atoms with E-state index in [4.69, 9.17) is 17.3 Å². The maximum atomic E-state index is 5.54. The number of nitrogens with one attached hydrogen (secondary N) is 1. The highest BCUT2D eigenvalue weighted by molar-refractivity contribution is 9.10. The van der Waals surface area contributed by atoms with Crippen molar-refractivity contribution in [2.24, 2.45) is 10.7 Å². The van der Waals surface area contributed by atoms with Crippen LogP contribution in [0.1, 0.15) is 0 Å². The minimum Gasteiger partial charge on any atom is -0.386 e. The summed E-state index contributed by atoms with van der Waals surface area (Å²) in [5.41, 5.74) is 7.12. The van der Waals surface area contributed by atoms with Crippen LogP contribution in [0.25, 0.3) is 10.9 Å². The van der Waals surface area contributed by atoms with Gasteiger partial charge in [0, 0.05) is 5.39 Å². The summed E-state index contributed by atoms with van der Waals surface area (Å²) in [5, 5.41) is 7.94. The molecule has 0 saturated heterocycles. The standard InChI is InChI=1S/C9H8BrClN4/c10-9-6-2-1-5(13-8(12)4-11)3-7(6)14-15-9/h1-3H,4H2,(H2,12,13)(H,14,15). The second-order valence-electron chi connectivity index (χ2n) is 2.98. The normalized spacial score (nSPS) is 12.3. The van der Waals surface area contributed by atoms with Crippen LogP contribution in [0.2, 0.25) is 0 Å².